The van der Waals surface area contributed by atoms with Crippen LogP contribution in [0.25, 0.3) is 0 Å². The molecule has 1 aromatic heterocycles. The molecule has 1 unspecified atom stereocenters. The van der Waals surface area contributed by atoms with E-state index < -0.39 is 0 Å². The Hall–Kier alpha value is -1.89. The maximum atomic E-state index is 13.1. The number of amides is 2. The lowest BCUT2D eigenvalue weighted by Crippen LogP contribution is -2.50. The molecule has 1 atom stereocenters. The number of hydrogen-bond acceptors (Lipinski definition) is 4. The van der Waals surface area contributed by atoms with Crippen LogP contribution in [-0.2, 0) is 17.8 Å². The molecule has 3 aliphatic rings. The Labute approximate surface area is 154 Å². The minimum absolute atomic E-state index is 0.0184. The zero-order chi connectivity index (χ0) is 18.3. The molecule has 2 amide bonds. The highest BCUT2D eigenvalue weighted by Gasteiger charge is 2.49. The molecule has 1 aromatic rings. The number of likely N-dealkylation sites (tertiary alicyclic amines) is 2. The summed E-state index contributed by atoms with van der Waals surface area (Å²) in [5.74, 6) is 0.236. The van der Waals surface area contributed by atoms with E-state index in [2.05, 4.69) is 29.1 Å². The average Bonchev–Trinajstić information content (AvgIpc) is 3.24. The van der Waals surface area contributed by atoms with Crippen LogP contribution in [-0.4, -0.2) is 76.5 Å². The highest BCUT2D eigenvalue weighted by Crippen LogP contribution is 2.40. The Morgan fingerprint density at radius 2 is 2.12 bits per heavy atom. The highest BCUT2D eigenvalue weighted by atomic mass is 16.2. The minimum Gasteiger partial charge on any atom is -0.342 e. The standard InChI is InChI=1S/C19H29N5O2/c1-3-8-23-9-4-6-19(18(23)26)7-11-24(13-19)17(25)16-14-12-22(2)10-5-15(14)20-21-16/h3-13H2,1-2H3,(H,20,21). The van der Waals surface area contributed by atoms with Gasteiger partial charge in [-0.3, -0.25) is 14.7 Å². The maximum Gasteiger partial charge on any atom is 0.274 e. The van der Waals surface area contributed by atoms with E-state index in [1.54, 1.807) is 0 Å². The van der Waals surface area contributed by atoms with Crippen LogP contribution in [0, 0.1) is 5.41 Å². The lowest BCUT2D eigenvalue weighted by atomic mass is 9.78. The third kappa shape index (κ3) is 2.82. The summed E-state index contributed by atoms with van der Waals surface area (Å²) < 4.78 is 0. The van der Waals surface area contributed by atoms with Crippen molar-refractivity contribution in [3.63, 3.8) is 0 Å². The number of likely N-dealkylation sites (N-methyl/N-ethyl adjacent to an activating group) is 1. The van der Waals surface area contributed by atoms with Crippen molar-refractivity contribution >= 4 is 11.8 Å². The third-order valence-corrected chi connectivity index (χ3v) is 6.29. The van der Waals surface area contributed by atoms with Gasteiger partial charge in [0, 0.05) is 56.9 Å². The minimum atomic E-state index is -0.365. The fourth-order valence-corrected chi connectivity index (χ4v) is 4.82. The van der Waals surface area contributed by atoms with Crippen LogP contribution in [0.4, 0.5) is 0 Å². The molecule has 1 spiro atoms. The summed E-state index contributed by atoms with van der Waals surface area (Å²) in [6.45, 7) is 6.74. The number of rotatable bonds is 3. The summed E-state index contributed by atoms with van der Waals surface area (Å²) in [7, 11) is 2.07. The van der Waals surface area contributed by atoms with Crippen LogP contribution < -0.4 is 0 Å². The molecule has 7 nitrogen and oxygen atoms in total. The molecule has 4 rings (SSSR count). The second kappa shape index (κ2) is 6.68. The number of carbonyl (C=O) groups is 2. The topological polar surface area (TPSA) is 72.5 Å². The Balaban J connectivity index is 1.51. The second-order valence-electron chi connectivity index (χ2n) is 8.17. The third-order valence-electron chi connectivity index (χ3n) is 6.29. The molecule has 0 bridgehead atoms. The van der Waals surface area contributed by atoms with E-state index in [9.17, 15) is 9.59 Å². The highest BCUT2D eigenvalue weighted by molar-refractivity contribution is 5.95. The summed E-state index contributed by atoms with van der Waals surface area (Å²) in [5, 5.41) is 7.39. The van der Waals surface area contributed by atoms with Crippen molar-refractivity contribution in [2.75, 3.05) is 39.8 Å². The van der Waals surface area contributed by atoms with Gasteiger partial charge in [0.15, 0.2) is 5.69 Å². The lowest BCUT2D eigenvalue weighted by molar-refractivity contribution is -0.145. The van der Waals surface area contributed by atoms with Gasteiger partial charge in [-0.1, -0.05) is 6.92 Å². The molecule has 142 valence electrons. The van der Waals surface area contributed by atoms with Crippen LogP contribution in [0.3, 0.4) is 0 Å². The number of aromatic amines is 1. The summed E-state index contributed by atoms with van der Waals surface area (Å²) in [6, 6.07) is 0. The Morgan fingerprint density at radius 1 is 1.27 bits per heavy atom. The van der Waals surface area contributed by atoms with Crippen molar-refractivity contribution in [2.24, 2.45) is 5.41 Å². The predicted octanol–water partition coefficient (Wildman–Crippen LogP) is 1.26. The fraction of sp³-hybridized carbons (Fsp3) is 0.737. The van der Waals surface area contributed by atoms with Crippen LogP contribution in [0.2, 0.25) is 0 Å². The number of carbonyl (C=O) groups excluding carboxylic acids is 2. The Kier molecular flexibility index (Phi) is 4.50. The summed E-state index contributed by atoms with van der Waals surface area (Å²) in [4.78, 5) is 32.2. The van der Waals surface area contributed by atoms with E-state index >= 15 is 0 Å². The molecule has 26 heavy (non-hydrogen) atoms. The molecule has 0 aliphatic carbocycles. The van der Waals surface area contributed by atoms with Crippen molar-refractivity contribution in [3.05, 3.63) is 17.0 Å². The van der Waals surface area contributed by atoms with Gasteiger partial charge in [-0.2, -0.15) is 5.10 Å². The molecule has 4 heterocycles. The molecule has 7 heteroatoms. The van der Waals surface area contributed by atoms with Gasteiger partial charge in [0.25, 0.3) is 5.91 Å². The predicted molar refractivity (Wildman–Crippen MR) is 97.7 cm³/mol. The molecule has 2 fully saturated rings. The number of hydrogen-bond donors (Lipinski definition) is 1. The van der Waals surface area contributed by atoms with Crippen LogP contribution in [0.1, 0.15) is 54.4 Å². The number of H-pyrrole nitrogens is 1. The van der Waals surface area contributed by atoms with E-state index in [-0.39, 0.29) is 17.2 Å². The first kappa shape index (κ1) is 17.5. The molecule has 2 saturated heterocycles. The van der Waals surface area contributed by atoms with E-state index in [4.69, 9.17) is 0 Å². The number of nitrogens with zero attached hydrogens (tertiary/aromatic N) is 4. The van der Waals surface area contributed by atoms with Crippen molar-refractivity contribution in [1.82, 2.24) is 24.9 Å². The zero-order valence-electron chi connectivity index (χ0n) is 15.9. The van der Waals surface area contributed by atoms with E-state index in [0.717, 1.165) is 69.5 Å². The van der Waals surface area contributed by atoms with Crippen molar-refractivity contribution < 1.29 is 9.59 Å². The summed E-state index contributed by atoms with van der Waals surface area (Å²) >= 11 is 0. The fourth-order valence-electron chi connectivity index (χ4n) is 4.82. The summed E-state index contributed by atoms with van der Waals surface area (Å²) in [6.07, 6.45) is 4.61. The van der Waals surface area contributed by atoms with Gasteiger partial charge in [0.05, 0.1) is 5.41 Å². The molecule has 0 aromatic carbocycles. The summed E-state index contributed by atoms with van der Waals surface area (Å²) in [5.41, 5.74) is 2.31. The van der Waals surface area contributed by atoms with E-state index in [1.165, 1.54) is 0 Å². The molecule has 0 saturated carbocycles. The quantitative estimate of drug-likeness (QED) is 0.882. The number of fused-ring (bicyclic) bond motifs is 1. The first-order valence-corrected chi connectivity index (χ1v) is 9.87. The first-order chi connectivity index (χ1) is 12.5. The monoisotopic (exact) mass is 359 g/mol. The van der Waals surface area contributed by atoms with E-state index in [1.807, 2.05) is 9.80 Å². The van der Waals surface area contributed by atoms with Gasteiger partial charge in [-0.25, -0.2) is 0 Å². The van der Waals surface area contributed by atoms with Crippen LogP contribution in [0.5, 0.6) is 0 Å². The van der Waals surface area contributed by atoms with Gasteiger partial charge in [-0.05, 0) is 32.7 Å². The van der Waals surface area contributed by atoms with E-state index in [0.29, 0.717) is 18.8 Å². The zero-order valence-corrected chi connectivity index (χ0v) is 15.9. The molecular formula is C19H29N5O2. The molecule has 0 radical (unpaired) electrons. The number of piperidine rings is 1. The Morgan fingerprint density at radius 3 is 2.92 bits per heavy atom. The SMILES string of the molecule is CCCN1CCCC2(CCN(C(=O)c3n[nH]c4c3CN(C)CC4)C2)C1=O. The first-order valence-electron chi connectivity index (χ1n) is 9.87. The van der Waals surface area contributed by atoms with Gasteiger partial charge in [0.2, 0.25) is 5.91 Å². The number of nitrogens with one attached hydrogen (secondary N) is 1. The maximum absolute atomic E-state index is 13.1. The normalized spacial score (nSPS) is 26.6. The lowest BCUT2D eigenvalue weighted by Gasteiger charge is -2.39. The van der Waals surface area contributed by atoms with Crippen molar-refractivity contribution in [2.45, 2.75) is 45.6 Å². The van der Waals surface area contributed by atoms with Crippen LogP contribution in [0.15, 0.2) is 0 Å². The van der Waals surface area contributed by atoms with Crippen molar-refractivity contribution in [3.8, 4) is 0 Å². The van der Waals surface area contributed by atoms with Crippen molar-refractivity contribution in [1.29, 1.82) is 0 Å². The van der Waals surface area contributed by atoms with Gasteiger partial charge in [-0.15, -0.1) is 0 Å². The average molecular weight is 359 g/mol. The van der Waals surface area contributed by atoms with Gasteiger partial charge >= 0.3 is 0 Å². The molecule has 3 aliphatic heterocycles. The largest absolute Gasteiger partial charge is 0.342 e. The van der Waals surface area contributed by atoms with Gasteiger partial charge < -0.3 is 14.7 Å². The molecular weight excluding hydrogens is 330 g/mol. The smallest absolute Gasteiger partial charge is 0.274 e. The molecule has 1 N–H and O–H groups in total. The second-order valence-corrected chi connectivity index (χ2v) is 8.17. The van der Waals surface area contributed by atoms with Crippen LogP contribution >= 0.6 is 0 Å². The number of aromatic nitrogens is 2. The Bertz CT molecular complexity index is 713. The van der Waals surface area contributed by atoms with Gasteiger partial charge in [0.1, 0.15) is 0 Å².